The van der Waals surface area contributed by atoms with E-state index < -0.39 is 0 Å². The Hall–Kier alpha value is -0.870. The minimum absolute atomic E-state index is 0.336. The van der Waals surface area contributed by atoms with Crippen molar-refractivity contribution in [2.75, 3.05) is 26.2 Å². The van der Waals surface area contributed by atoms with Gasteiger partial charge in [-0.2, -0.15) is 5.10 Å². The number of nitrogens with one attached hydrogen (secondary N) is 1. The first-order valence-electron chi connectivity index (χ1n) is 6.73. The molecule has 0 bridgehead atoms. The quantitative estimate of drug-likeness (QED) is 0.837. The fraction of sp³-hybridized carbons (Fsp3) is 0.769. The number of hydrogen-bond acceptors (Lipinski definition) is 3. The van der Waals surface area contributed by atoms with Gasteiger partial charge in [0.05, 0.1) is 6.54 Å². The molecule has 1 aliphatic rings. The molecule has 0 saturated carbocycles. The molecule has 0 amide bonds. The van der Waals surface area contributed by atoms with Gasteiger partial charge in [0.15, 0.2) is 0 Å². The highest BCUT2D eigenvalue weighted by atomic mass is 15.3. The van der Waals surface area contributed by atoms with Crippen LogP contribution in [0.15, 0.2) is 18.5 Å². The van der Waals surface area contributed by atoms with Gasteiger partial charge in [-0.25, -0.2) is 0 Å². The van der Waals surface area contributed by atoms with Gasteiger partial charge < -0.3 is 5.32 Å². The van der Waals surface area contributed by atoms with Gasteiger partial charge in [-0.05, 0) is 18.9 Å². The van der Waals surface area contributed by atoms with Crippen LogP contribution >= 0.6 is 0 Å². The van der Waals surface area contributed by atoms with Crippen LogP contribution in [-0.4, -0.2) is 46.4 Å². The molecule has 1 aliphatic heterocycles. The van der Waals surface area contributed by atoms with Crippen molar-refractivity contribution in [1.29, 1.82) is 0 Å². The van der Waals surface area contributed by atoms with Gasteiger partial charge in [0, 0.05) is 44.1 Å². The molecule has 1 fully saturated rings. The number of aromatic nitrogens is 2. The molecule has 1 aromatic heterocycles. The van der Waals surface area contributed by atoms with Crippen LogP contribution in [0.4, 0.5) is 0 Å². The number of nitrogens with zero attached hydrogens (tertiary/aromatic N) is 3. The number of hydrogen-bond donors (Lipinski definition) is 1. The smallest absolute Gasteiger partial charge is 0.0536 e. The van der Waals surface area contributed by atoms with E-state index in [1.807, 2.05) is 23.1 Å². The van der Waals surface area contributed by atoms with Crippen LogP contribution in [0, 0.1) is 0 Å². The molecular formula is C13H24N4. The van der Waals surface area contributed by atoms with Gasteiger partial charge in [0.2, 0.25) is 0 Å². The maximum absolute atomic E-state index is 4.25. The standard InChI is InChI=1S/C13H24N4/c1-3-13(4-2)12-16(9-7-14-13)10-11-17-8-5-6-15-17/h5-6,8,14H,3-4,7,9-12H2,1-2H3. The first-order valence-corrected chi connectivity index (χ1v) is 6.73. The van der Waals surface area contributed by atoms with Crippen LogP contribution in [0.2, 0.25) is 0 Å². The summed E-state index contributed by atoms with van der Waals surface area (Å²) in [6.07, 6.45) is 6.30. The van der Waals surface area contributed by atoms with Crippen molar-refractivity contribution in [3.8, 4) is 0 Å². The summed E-state index contributed by atoms with van der Waals surface area (Å²) in [5.41, 5.74) is 0.336. The molecule has 2 heterocycles. The maximum Gasteiger partial charge on any atom is 0.0536 e. The molecule has 4 heteroatoms. The second-order valence-corrected chi connectivity index (χ2v) is 4.96. The van der Waals surface area contributed by atoms with Crippen LogP contribution in [0.1, 0.15) is 26.7 Å². The number of piperazine rings is 1. The summed E-state index contributed by atoms with van der Waals surface area (Å²) in [4.78, 5) is 2.56. The van der Waals surface area contributed by atoms with E-state index in [4.69, 9.17) is 0 Å². The zero-order chi connectivity index (χ0) is 12.1. The summed E-state index contributed by atoms with van der Waals surface area (Å²) >= 11 is 0. The Bertz CT molecular complexity index is 316. The highest BCUT2D eigenvalue weighted by Crippen LogP contribution is 2.19. The molecule has 4 nitrogen and oxygen atoms in total. The minimum atomic E-state index is 0.336. The van der Waals surface area contributed by atoms with E-state index in [2.05, 4.69) is 29.2 Å². The Morgan fingerprint density at radius 2 is 2.12 bits per heavy atom. The molecule has 1 N–H and O–H groups in total. The van der Waals surface area contributed by atoms with Crippen LogP contribution in [0.5, 0.6) is 0 Å². The van der Waals surface area contributed by atoms with Crippen LogP contribution in [0.25, 0.3) is 0 Å². The van der Waals surface area contributed by atoms with Crippen LogP contribution in [0.3, 0.4) is 0 Å². The normalized spacial score (nSPS) is 20.6. The van der Waals surface area contributed by atoms with Gasteiger partial charge in [0.1, 0.15) is 0 Å². The van der Waals surface area contributed by atoms with E-state index in [0.717, 1.165) is 26.2 Å². The van der Waals surface area contributed by atoms with Crippen molar-refractivity contribution in [2.45, 2.75) is 38.8 Å². The summed E-state index contributed by atoms with van der Waals surface area (Å²) in [5, 5.41) is 7.94. The molecular weight excluding hydrogens is 212 g/mol. The maximum atomic E-state index is 4.25. The average molecular weight is 236 g/mol. The fourth-order valence-corrected chi connectivity index (χ4v) is 2.63. The van der Waals surface area contributed by atoms with Crippen LogP contribution in [-0.2, 0) is 6.54 Å². The molecule has 0 aliphatic carbocycles. The Balaban J connectivity index is 1.85. The Morgan fingerprint density at radius 1 is 1.29 bits per heavy atom. The Kier molecular flexibility index (Phi) is 4.18. The fourth-order valence-electron chi connectivity index (χ4n) is 2.63. The van der Waals surface area contributed by atoms with Crippen molar-refractivity contribution < 1.29 is 0 Å². The van der Waals surface area contributed by atoms with Crippen molar-refractivity contribution >= 4 is 0 Å². The van der Waals surface area contributed by atoms with E-state index >= 15 is 0 Å². The summed E-state index contributed by atoms with van der Waals surface area (Å²) < 4.78 is 2.02. The van der Waals surface area contributed by atoms with Crippen molar-refractivity contribution in [3.63, 3.8) is 0 Å². The number of rotatable bonds is 5. The van der Waals surface area contributed by atoms with Crippen molar-refractivity contribution in [3.05, 3.63) is 18.5 Å². The SMILES string of the molecule is CCC1(CC)CN(CCn2cccn2)CCN1. The molecule has 0 spiro atoms. The first kappa shape index (κ1) is 12.6. The van der Waals surface area contributed by atoms with Crippen molar-refractivity contribution in [2.24, 2.45) is 0 Å². The molecule has 96 valence electrons. The third-order valence-corrected chi connectivity index (χ3v) is 4.01. The van der Waals surface area contributed by atoms with E-state index in [9.17, 15) is 0 Å². The third kappa shape index (κ3) is 3.07. The first-order chi connectivity index (χ1) is 8.28. The Labute approximate surface area is 104 Å². The summed E-state index contributed by atoms with van der Waals surface area (Å²) in [6, 6.07) is 1.99. The van der Waals surface area contributed by atoms with Gasteiger partial charge in [-0.15, -0.1) is 0 Å². The second kappa shape index (κ2) is 5.65. The lowest BCUT2D eigenvalue weighted by Crippen LogP contribution is -2.60. The van der Waals surface area contributed by atoms with E-state index in [1.165, 1.54) is 19.4 Å². The average Bonchev–Trinajstić information content (AvgIpc) is 2.90. The van der Waals surface area contributed by atoms with Gasteiger partial charge in [-0.1, -0.05) is 13.8 Å². The minimum Gasteiger partial charge on any atom is -0.309 e. The molecule has 1 saturated heterocycles. The molecule has 0 unspecified atom stereocenters. The summed E-state index contributed by atoms with van der Waals surface area (Å²) in [6.45, 7) is 10.1. The zero-order valence-electron chi connectivity index (χ0n) is 11.0. The largest absolute Gasteiger partial charge is 0.309 e. The zero-order valence-corrected chi connectivity index (χ0v) is 11.0. The predicted octanol–water partition coefficient (Wildman–Crippen LogP) is 1.35. The Morgan fingerprint density at radius 3 is 2.76 bits per heavy atom. The molecule has 17 heavy (non-hydrogen) atoms. The monoisotopic (exact) mass is 236 g/mol. The third-order valence-electron chi connectivity index (χ3n) is 4.01. The lowest BCUT2D eigenvalue weighted by molar-refractivity contribution is 0.119. The lowest BCUT2D eigenvalue weighted by Gasteiger charge is -2.43. The molecule has 0 aromatic carbocycles. The lowest BCUT2D eigenvalue weighted by atomic mass is 9.90. The molecule has 2 rings (SSSR count). The van der Waals surface area contributed by atoms with E-state index in [0.29, 0.717) is 5.54 Å². The van der Waals surface area contributed by atoms with Gasteiger partial charge >= 0.3 is 0 Å². The van der Waals surface area contributed by atoms with Gasteiger partial charge in [0.25, 0.3) is 0 Å². The van der Waals surface area contributed by atoms with E-state index in [1.54, 1.807) is 0 Å². The van der Waals surface area contributed by atoms with E-state index in [-0.39, 0.29) is 0 Å². The molecule has 0 atom stereocenters. The van der Waals surface area contributed by atoms with Crippen LogP contribution < -0.4 is 5.32 Å². The van der Waals surface area contributed by atoms with Crippen molar-refractivity contribution in [1.82, 2.24) is 20.0 Å². The topological polar surface area (TPSA) is 33.1 Å². The summed E-state index contributed by atoms with van der Waals surface area (Å²) in [7, 11) is 0. The molecule has 0 radical (unpaired) electrons. The molecule has 1 aromatic rings. The summed E-state index contributed by atoms with van der Waals surface area (Å²) in [5.74, 6) is 0. The highest BCUT2D eigenvalue weighted by molar-refractivity contribution is 4.92. The predicted molar refractivity (Wildman–Crippen MR) is 70.0 cm³/mol. The highest BCUT2D eigenvalue weighted by Gasteiger charge is 2.31. The second-order valence-electron chi connectivity index (χ2n) is 4.96. The van der Waals surface area contributed by atoms with Gasteiger partial charge in [-0.3, -0.25) is 9.58 Å².